The number of carbonyl (C=O) groups is 2. The number of hydrogen-bond donors (Lipinski definition) is 2. The molecule has 2 N–H and O–H groups in total. The van der Waals surface area contributed by atoms with Gasteiger partial charge in [0.2, 0.25) is 11.8 Å². The standard InChI is InChI=1S/C24H18N2O4/c27-22(15-17-7-1-2-9-19(17)24(28)29)25-18-8-5-6-16(14-18)12-13-23-26-20-10-3-4-11-21(20)30-23/h1-14H,15H2,(H,25,27)(H,28,29)/b13-12+. The van der Waals surface area contributed by atoms with Gasteiger partial charge in [-0.2, -0.15) is 0 Å². The molecule has 0 radical (unpaired) electrons. The van der Waals surface area contributed by atoms with Crippen molar-refractivity contribution >= 4 is 40.8 Å². The first-order valence-electron chi connectivity index (χ1n) is 9.33. The fraction of sp³-hybridized carbons (Fsp3) is 0.0417. The van der Waals surface area contributed by atoms with Gasteiger partial charge >= 0.3 is 5.97 Å². The Kier molecular flexibility index (Phi) is 5.39. The van der Waals surface area contributed by atoms with Gasteiger partial charge in [-0.1, -0.05) is 42.5 Å². The highest BCUT2D eigenvalue weighted by Crippen LogP contribution is 2.18. The van der Waals surface area contributed by atoms with Crippen LogP contribution in [0.4, 0.5) is 5.69 Å². The van der Waals surface area contributed by atoms with Gasteiger partial charge in [0.1, 0.15) is 5.52 Å². The van der Waals surface area contributed by atoms with E-state index in [2.05, 4.69) is 10.3 Å². The Morgan fingerprint density at radius 3 is 2.60 bits per heavy atom. The molecule has 0 spiro atoms. The molecular formula is C24H18N2O4. The maximum Gasteiger partial charge on any atom is 0.335 e. The Morgan fingerprint density at radius 1 is 0.967 bits per heavy atom. The number of aromatic nitrogens is 1. The molecule has 6 heteroatoms. The number of fused-ring (bicyclic) bond motifs is 1. The summed E-state index contributed by atoms with van der Waals surface area (Å²) in [5.41, 5.74) is 3.59. The highest BCUT2D eigenvalue weighted by Gasteiger charge is 2.12. The molecule has 1 heterocycles. The number of rotatable bonds is 6. The second-order valence-electron chi connectivity index (χ2n) is 6.67. The zero-order valence-corrected chi connectivity index (χ0v) is 15.9. The third-order valence-corrected chi connectivity index (χ3v) is 4.50. The van der Waals surface area contributed by atoms with Crippen molar-refractivity contribution in [2.75, 3.05) is 5.32 Å². The van der Waals surface area contributed by atoms with Crippen molar-refractivity contribution in [1.82, 2.24) is 4.98 Å². The van der Waals surface area contributed by atoms with E-state index >= 15 is 0 Å². The number of hydrogen-bond acceptors (Lipinski definition) is 4. The highest BCUT2D eigenvalue weighted by molar-refractivity contribution is 5.96. The molecule has 0 aliphatic heterocycles. The summed E-state index contributed by atoms with van der Waals surface area (Å²) in [6, 6.07) is 21.3. The molecule has 0 bridgehead atoms. The quantitative estimate of drug-likeness (QED) is 0.483. The van der Waals surface area contributed by atoms with Crippen LogP contribution in [-0.2, 0) is 11.2 Å². The molecule has 148 valence electrons. The van der Waals surface area contributed by atoms with Crippen LogP contribution in [0.15, 0.2) is 77.2 Å². The van der Waals surface area contributed by atoms with Crippen LogP contribution in [-0.4, -0.2) is 22.0 Å². The number of para-hydroxylation sites is 2. The lowest BCUT2D eigenvalue weighted by molar-refractivity contribution is -0.115. The van der Waals surface area contributed by atoms with Crippen LogP contribution in [0.2, 0.25) is 0 Å². The second-order valence-corrected chi connectivity index (χ2v) is 6.67. The molecule has 6 nitrogen and oxygen atoms in total. The lowest BCUT2D eigenvalue weighted by atomic mass is 10.0. The number of carboxylic acid groups (broad SMARTS) is 1. The van der Waals surface area contributed by atoms with Crippen molar-refractivity contribution in [3.63, 3.8) is 0 Å². The minimum Gasteiger partial charge on any atom is -0.478 e. The number of oxazole rings is 1. The van der Waals surface area contributed by atoms with Gasteiger partial charge in [-0.3, -0.25) is 4.79 Å². The Morgan fingerprint density at radius 2 is 1.77 bits per heavy atom. The van der Waals surface area contributed by atoms with Gasteiger partial charge in [0.05, 0.1) is 12.0 Å². The molecule has 0 aliphatic rings. The average Bonchev–Trinajstić information content (AvgIpc) is 3.16. The Balaban J connectivity index is 1.45. The Hall–Kier alpha value is -4.19. The summed E-state index contributed by atoms with van der Waals surface area (Å²) >= 11 is 0. The highest BCUT2D eigenvalue weighted by atomic mass is 16.4. The molecule has 0 aliphatic carbocycles. The van der Waals surface area contributed by atoms with Crippen molar-refractivity contribution < 1.29 is 19.1 Å². The Bertz CT molecular complexity index is 1220. The fourth-order valence-electron chi connectivity index (χ4n) is 3.11. The van der Waals surface area contributed by atoms with Crippen LogP contribution >= 0.6 is 0 Å². The lowest BCUT2D eigenvalue weighted by Crippen LogP contribution is -2.16. The SMILES string of the molecule is O=C(Cc1ccccc1C(=O)O)Nc1cccc(/C=C/c2nc3ccccc3o2)c1. The van der Waals surface area contributed by atoms with Gasteiger partial charge in [-0.25, -0.2) is 9.78 Å². The molecule has 1 amide bonds. The van der Waals surface area contributed by atoms with E-state index in [1.807, 2.05) is 48.5 Å². The summed E-state index contributed by atoms with van der Waals surface area (Å²) in [5.74, 6) is -0.843. The average molecular weight is 398 g/mol. The van der Waals surface area contributed by atoms with Crippen LogP contribution in [0.5, 0.6) is 0 Å². The molecule has 0 fully saturated rings. The molecule has 4 aromatic rings. The topological polar surface area (TPSA) is 92.4 Å². The molecule has 0 saturated heterocycles. The van der Waals surface area contributed by atoms with Gasteiger partial charge in [-0.15, -0.1) is 0 Å². The second kappa shape index (κ2) is 8.45. The van der Waals surface area contributed by atoms with Crippen molar-refractivity contribution in [2.24, 2.45) is 0 Å². The zero-order chi connectivity index (χ0) is 20.9. The summed E-state index contributed by atoms with van der Waals surface area (Å²) in [5, 5.41) is 12.1. The number of carboxylic acids is 1. The predicted octanol–water partition coefficient (Wildman–Crippen LogP) is 4.88. The summed E-state index contributed by atoms with van der Waals surface area (Å²) in [7, 11) is 0. The van der Waals surface area contributed by atoms with Gasteiger partial charge in [0.25, 0.3) is 0 Å². The summed E-state index contributed by atoms with van der Waals surface area (Å²) in [6.45, 7) is 0. The van der Waals surface area contributed by atoms with E-state index in [-0.39, 0.29) is 17.9 Å². The zero-order valence-electron chi connectivity index (χ0n) is 15.9. The minimum atomic E-state index is -1.05. The summed E-state index contributed by atoms with van der Waals surface area (Å²) in [6.07, 6.45) is 3.59. The van der Waals surface area contributed by atoms with E-state index in [1.54, 1.807) is 30.3 Å². The van der Waals surface area contributed by atoms with Crippen LogP contribution in [0.3, 0.4) is 0 Å². The van der Waals surface area contributed by atoms with Crippen molar-refractivity contribution in [3.05, 3.63) is 95.4 Å². The predicted molar refractivity (Wildman–Crippen MR) is 115 cm³/mol. The third kappa shape index (κ3) is 4.44. The van der Waals surface area contributed by atoms with Gasteiger partial charge in [0, 0.05) is 11.8 Å². The number of anilines is 1. The maximum atomic E-state index is 12.4. The number of amides is 1. The van der Waals surface area contributed by atoms with E-state index in [9.17, 15) is 14.7 Å². The molecular weight excluding hydrogens is 380 g/mol. The Labute approximate surface area is 172 Å². The van der Waals surface area contributed by atoms with Crippen LogP contribution < -0.4 is 5.32 Å². The first kappa shape index (κ1) is 19.1. The van der Waals surface area contributed by atoms with E-state index in [4.69, 9.17) is 4.42 Å². The molecule has 0 unspecified atom stereocenters. The molecule has 30 heavy (non-hydrogen) atoms. The first-order chi connectivity index (χ1) is 14.6. The third-order valence-electron chi connectivity index (χ3n) is 4.50. The normalized spacial score (nSPS) is 11.1. The van der Waals surface area contributed by atoms with Crippen molar-refractivity contribution in [2.45, 2.75) is 6.42 Å². The first-order valence-corrected chi connectivity index (χ1v) is 9.33. The van der Waals surface area contributed by atoms with Gasteiger partial charge in [0.15, 0.2) is 5.58 Å². The minimum absolute atomic E-state index is 0.0224. The lowest BCUT2D eigenvalue weighted by Gasteiger charge is -2.08. The van der Waals surface area contributed by atoms with E-state index < -0.39 is 5.97 Å². The summed E-state index contributed by atoms with van der Waals surface area (Å²) in [4.78, 5) is 28.1. The van der Waals surface area contributed by atoms with Gasteiger partial charge in [-0.05, 0) is 47.5 Å². The molecule has 0 saturated carbocycles. The maximum absolute atomic E-state index is 12.4. The largest absolute Gasteiger partial charge is 0.478 e. The van der Waals surface area contributed by atoms with Crippen molar-refractivity contribution in [3.8, 4) is 0 Å². The molecule has 1 aromatic heterocycles. The molecule has 4 rings (SSSR count). The summed E-state index contributed by atoms with van der Waals surface area (Å²) < 4.78 is 5.67. The van der Waals surface area contributed by atoms with Crippen molar-refractivity contribution in [1.29, 1.82) is 0 Å². The van der Waals surface area contributed by atoms with Crippen LogP contribution in [0.25, 0.3) is 23.3 Å². The molecule has 0 atom stereocenters. The number of nitrogens with zero attached hydrogens (tertiary/aromatic N) is 1. The fourth-order valence-corrected chi connectivity index (χ4v) is 3.11. The number of benzene rings is 3. The number of carbonyl (C=O) groups excluding carboxylic acids is 1. The molecule has 3 aromatic carbocycles. The van der Waals surface area contributed by atoms with E-state index in [1.165, 1.54) is 6.07 Å². The smallest absolute Gasteiger partial charge is 0.335 e. The van der Waals surface area contributed by atoms with E-state index in [0.29, 0.717) is 17.1 Å². The number of aromatic carboxylic acids is 1. The van der Waals surface area contributed by atoms with Crippen LogP contribution in [0, 0.1) is 0 Å². The monoisotopic (exact) mass is 398 g/mol. The van der Waals surface area contributed by atoms with Crippen LogP contribution in [0.1, 0.15) is 27.4 Å². The van der Waals surface area contributed by atoms with Gasteiger partial charge < -0.3 is 14.8 Å². The van der Waals surface area contributed by atoms with E-state index in [0.717, 1.165) is 16.7 Å². The number of nitrogens with one attached hydrogen (secondary N) is 1.